The van der Waals surface area contributed by atoms with Crippen molar-refractivity contribution in [3.63, 3.8) is 0 Å². The Kier molecular flexibility index (Phi) is 5.32. The molecule has 0 spiro atoms. The Labute approximate surface area is 185 Å². The van der Waals surface area contributed by atoms with Gasteiger partial charge in [0.05, 0.1) is 12.2 Å². The molecule has 0 aliphatic heterocycles. The highest BCUT2D eigenvalue weighted by Crippen LogP contribution is 2.24. The first kappa shape index (κ1) is 19.5. The maximum Gasteiger partial charge on any atom is 0.248 e. The molecule has 0 saturated carbocycles. The highest BCUT2D eigenvalue weighted by Gasteiger charge is 2.11. The number of benzene rings is 2. The van der Waals surface area contributed by atoms with Gasteiger partial charge in [-0.3, -0.25) is 14.5 Å². The molecule has 1 amide bonds. The van der Waals surface area contributed by atoms with E-state index in [0.29, 0.717) is 6.54 Å². The number of aromatic nitrogens is 4. The molecule has 0 radical (unpaired) electrons. The maximum absolute atomic E-state index is 12.6. The predicted molar refractivity (Wildman–Crippen MR) is 127 cm³/mol. The van der Waals surface area contributed by atoms with Crippen LogP contribution in [-0.4, -0.2) is 25.7 Å². The first-order valence-corrected chi connectivity index (χ1v) is 10.3. The van der Waals surface area contributed by atoms with Crippen molar-refractivity contribution in [3.05, 3.63) is 109 Å². The lowest BCUT2D eigenvalue weighted by Gasteiger charge is -2.03. The molecule has 0 saturated heterocycles. The Bertz CT molecular complexity index is 1380. The van der Waals surface area contributed by atoms with E-state index in [1.165, 1.54) is 6.08 Å². The largest absolute Gasteiger partial charge is 0.361 e. The summed E-state index contributed by atoms with van der Waals surface area (Å²) < 4.78 is 1.88. The van der Waals surface area contributed by atoms with Crippen LogP contribution in [0.3, 0.4) is 0 Å². The summed E-state index contributed by atoms with van der Waals surface area (Å²) in [6.45, 7) is 0.642. The number of rotatable bonds is 6. The number of H-pyrrole nitrogens is 1. The predicted octanol–water partition coefficient (Wildman–Crippen LogP) is 5.13. The number of hydrogen-bond acceptors (Lipinski definition) is 3. The topological polar surface area (TPSA) is 75.6 Å². The van der Waals surface area contributed by atoms with Gasteiger partial charge in [-0.2, -0.15) is 5.10 Å². The number of carbonyl (C=O) groups is 1. The maximum atomic E-state index is 12.6. The highest BCUT2D eigenvalue weighted by atomic mass is 16.1. The number of amides is 1. The summed E-state index contributed by atoms with van der Waals surface area (Å²) in [5, 5.41) is 8.70. The van der Waals surface area contributed by atoms with E-state index < -0.39 is 0 Å². The second kappa shape index (κ2) is 8.73. The highest BCUT2D eigenvalue weighted by molar-refractivity contribution is 6.07. The van der Waals surface area contributed by atoms with Crippen LogP contribution in [0.1, 0.15) is 11.1 Å². The zero-order valence-electron chi connectivity index (χ0n) is 17.3. The first-order valence-electron chi connectivity index (χ1n) is 10.3. The molecule has 0 bridgehead atoms. The molecular formula is C26H21N5O. The van der Waals surface area contributed by atoms with Crippen LogP contribution in [-0.2, 0) is 11.3 Å². The average molecular weight is 419 g/mol. The van der Waals surface area contributed by atoms with Crippen LogP contribution in [0.5, 0.6) is 0 Å². The number of carbonyl (C=O) groups excluding carboxylic acids is 1. The third kappa shape index (κ3) is 4.20. The van der Waals surface area contributed by atoms with Crippen LogP contribution in [0.15, 0.2) is 97.6 Å². The van der Waals surface area contributed by atoms with Crippen molar-refractivity contribution in [1.82, 2.24) is 19.7 Å². The summed E-state index contributed by atoms with van der Waals surface area (Å²) in [6, 6.07) is 21.7. The molecule has 5 rings (SSSR count). The van der Waals surface area contributed by atoms with Crippen molar-refractivity contribution in [2.45, 2.75) is 6.54 Å². The zero-order valence-corrected chi connectivity index (χ0v) is 17.3. The summed E-state index contributed by atoms with van der Waals surface area (Å²) >= 11 is 0. The van der Waals surface area contributed by atoms with Crippen molar-refractivity contribution >= 4 is 28.6 Å². The molecule has 0 unspecified atom stereocenters. The van der Waals surface area contributed by atoms with Gasteiger partial charge < -0.3 is 10.3 Å². The van der Waals surface area contributed by atoms with Crippen LogP contribution >= 0.6 is 0 Å². The van der Waals surface area contributed by atoms with Gasteiger partial charge in [0.15, 0.2) is 0 Å². The number of anilines is 1. The zero-order chi connectivity index (χ0) is 21.8. The lowest BCUT2D eigenvalue weighted by atomic mass is 10.1. The molecule has 3 aromatic heterocycles. The molecule has 2 aromatic carbocycles. The monoisotopic (exact) mass is 419 g/mol. The third-order valence-corrected chi connectivity index (χ3v) is 5.18. The molecule has 0 aliphatic rings. The number of nitrogens with one attached hydrogen (secondary N) is 2. The standard InChI is InChI=1S/C26H21N5O/c32-25(29-24-10-4-9-23-22(24)13-15-28-23)12-11-21-18-31(17-19-6-2-1-3-7-19)30-26(21)20-8-5-14-27-16-20/h1-16,18,28H,17H2,(H,29,32)/b12-11+. The van der Waals surface area contributed by atoms with Crippen LogP contribution in [0.2, 0.25) is 0 Å². The van der Waals surface area contributed by atoms with Gasteiger partial charge in [0.2, 0.25) is 5.91 Å². The van der Waals surface area contributed by atoms with E-state index in [-0.39, 0.29) is 5.91 Å². The van der Waals surface area contributed by atoms with E-state index in [2.05, 4.69) is 27.4 Å². The molecule has 0 fully saturated rings. The van der Waals surface area contributed by atoms with Gasteiger partial charge in [-0.15, -0.1) is 0 Å². The Hall–Kier alpha value is -4.45. The molecule has 0 atom stereocenters. The number of pyridine rings is 1. The number of nitrogens with zero attached hydrogens (tertiary/aromatic N) is 3. The minimum absolute atomic E-state index is 0.202. The number of aromatic amines is 1. The van der Waals surface area contributed by atoms with Crippen LogP contribution in [0.4, 0.5) is 5.69 Å². The van der Waals surface area contributed by atoms with Crippen molar-refractivity contribution in [3.8, 4) is 11.3 Å². The van der Waals surface area contributed by atoms with Gasteiger partial charge in [0.25, 0.3) is 0 Å². The Morgan fingerprint density at radius 1 is 1.03 bits per heavy atom. The normalized spacial score (nSPS) is 11.2. The Morgan fingerprint density at radius 2 is 1.94 bits per heavy atom. The van der Waals surface area contributed by atoms with Crippen molar-refractivity contribution in [2.24, 2.45) is 0 Å². The van der Waals surface area contributed by atoms with E-state index in [1.807, 2.05) is 71.7 Å². The lowest BCUT2D eigenvalue weighted by Crippen LogP contribution is -2.07. The molecule has 6 nitrogen and oxygen atoms in total. The van der Waals surface area contributed by atoms with E-state index in [4.69, 9.17) is 5.10 Å². The van der Waals surface area contributed by atoms with Crippen molar-refractivity contribution < 1.29 is 4.79 Å². The Balaban J connectivity index is 1.41. The molecule has 32 heavy (non-hydrogen) atoms. The second-order valence-electron chi connectivity index (χ2n) is 7.42. The summed E-state index contributed by atoms with van der Waals surface area (Å²) in [4.78, 5) is 20.0. The molecule has 156 valence electrons. The van der Waals surface area contributed by atoms with E-state index in [1.54, 1.807) is 18.5 Å². The summed E-state index contributed by atoms with van der Waals surface area (Å²) in [5.41, 5.74) is 5.44. The fraction of sp³-hybridized carbons (Fsp3) is 0.0385. The quantitative estimate of drug-likeness (QED) is 0.375. The molecule has 0 aliphatic carbocycles. The molecule has 3 heterocycles. The number of hydrogen-bond donors (Lipinski definition) is 2. The van der Waals surface area contributed by atoms with Gasteiger partial charge in [0, 0.05) is 52.9 Å². The van der Waals surface area contributed by atoms with E-state index in [0.717, 1.165) is 39.0 Å². The SMILES string of the molecule is O=C(/C=C/c1cn(Cc2ccccc2)nc1-c1cccnc1)Nc1cccc2[nH]ccc12. The van der Waals surface area contributed by atoms with Crippen LogP contribution < -0.4 is 5.32 Å². The minimum atomic E-state index is -0.202. The molecule has 2 N–H and O–H groups in total. The summed E-state index contributed by atoms with van der Waals surface area (Å²) in [6.07, 6.45) is 10.6. The van der Waals surface area contributed by atoms with Gasteiger partial charge in [-0.05, 0) is 42.0 Å². The fourth-order valence-corrected chi connectivity index (χ4v) is 3.67. The number of fused-ring (bicyclic) bond motifs is 1. The van der Waals surface area contributed by atoms with Gasteiger partial charge >= 0.3 is 0 Å². The Morgan fingerprint density at radius 3 is 2.78 bits per heavy atom. The average Bonchev–Trinajstić information content (AvgIpc) is 3.47. The van der Waals surface area contributed by atoms with Crippen molar-refractivity contribution in [1.29, 1.82) is 0 Å². The molecular weight excluding hydrogens is 398 g/mol. The summed E-state index contributed by atoms with van der Waals surface area (Å²) in [5.74, 6) is -0.202. The first-order chi connectivity index (χ1) is 15.8. The van der Waals surface area contributed by atoms with E-state index >= 15 is 0 Å². The summed E-state index contributed by atoms with van der Waals surface area (Å²) in [7, 11) is 0. The van der Waals surface area contributed by atoms with Crippen LogP contribution in [0.25, 0.3) is 28.2 Å². The minimum Gasteiger partial charge on any atom is -0.361 e. The lowest BCUT2D eigenvalue weighted by molar-refractivity contribution is -0.111. The third-order valence-electron chi connectivity index (χ3n) is 5.18. The van der Waals surface area contributed by atoms with Gasteiger partial charge in [0.1, 0.15) is 5.69 Å². The van der Waals surface area contributed by atoms with Crippen molar-refractivity contribution in [2.75, 3.05) is 5.32 Å². The second-order valence-corrected chi connectivity index (χ2v) is 7.42. The fourth-order valence-electron chi connectivity index (χ4n) is 3.67. The molecule has 6 heteroatoms. The van der Waals surface area contributed by atoms with Gasteiger partial charge in [-0.25, -0.2) is 0 Å². The van der Waals surface area contributed by atoms with Gasteiger partial charge in [-0.1, -0.05) is 36.4 Å². The molecule has 5 aromatic rings. The van der Waals surface area contributed by atoms with Crippen LogP contribution in [0, 0.1) is 0 Å². The smallest absolute Gasteiger partial charge is 0.248 e. The van der Waals surface area contributed by atoms with E-state index in [9.17, 15) is 4.79 Å².